The van der Waals surface area contributed by atoms with Crippen LogP contribution in [0.4, 0.5) is 5.69 Å². The number of hydrogen-bond donors (Lipinski definition) is 1. The van der Waals surface area contributed by atoms with Crippen molar-refractivity contribution in [3.63, 3.8) is 0 Å². The Bertz CT molecular complexity index is 1340. The SMILES string of the molecule is CCN1C(=O)C(=Cc2ccc(OCc3ccc(Br)cc3)c(Cl)c2)SC1=Nc1cccc(C(=O)O)c1. The van der Waals surface area contributed by atoms with Gasteiger partial charge in [-0.1, -0.05) is 51.8 Å². The van der Waals surface area contributed by atoms with Crippen molar-refractivity contribution < 1.29 is 19.4 Å². The van der Waals surface area contributed by atoms with E-state index in [4.69, 9.17) is 16.3 Å². The first kappa shape index (κ1) is 25.0. The first-order chi connectivity index (χ1) is 16.8. The predicted molar refractivity (Wildman–Crippen MR) is 143 cm³/mol. The summed E-state index contributed by atoms with van der Waals surface area (Å²) in [5.74, 6) is -0.647. The molecular formula is C26H20BrClN2O4S. The number of aliphatic imine (C=N–C) groups is 1. The number of carboxylic acid groups (broad SMARTS) is 1. The lowest BCUT2D eigenvalue weighted by atomic mass is 10.2. The molecule has 0 unspecified atom stereocenters. The summed E-state index contributed by atoms with van der Waals surface area (Å²) in [5, 5.41) is 10.1. The molecule has 1 aliphatic rings. The van der Waals surface area contributed by atoms with E-state index in [0.29, 0.717) is 39.7 Å². The molecule has 9 heteroatoms. The first-order valence-electron chi connectivity index (χ1n) is 10.6. The quantitative estimate of drug-likeness (QED) is 0.309. The van der Waals surface area contributed by atoms with E-state index in [0.717, 1.165) is 15.6 Å². The summed E-state index contributed by atoms with van der Waals surface area (Å²) in [5.41, 5.74) is 2.38. The third-order valence-electron chi connectivity index (χ3n) is 5.08. The highest BCUT2D eigenvalue weighted by molar-refractivity contribution is 9.10. The fourth-order valence-corrected chi connectivity index (χ4v) is 4.88. The first-order valence-corrected chi connectivity index (χ1v) is 12.6. The van der Waals surface area contributed by atoms with Gasteiger partial charge in [-0.25, -0.2) is 9.79 Å². The van der Waals surface area contributed by atoms with Crippen LogP contribution in [0.3, 0.4) is 0 Å². The van der Waals surface area contributed by atoms with Gasteiger partial charge in [0, 0.05) is 11.0 Å². The van der Waals surface area contributed by atoms with Crippen molar-refractivity contribution in [2.75, 3.05) is 6.54 Å². The second kappa shape index (κ2) is 11.1. The largest absolute Gasteiger partial charge is 0.487 e. The predicted octanol–water partition coefficient (Wildman–Crippen LogP) is 7.00. The zero-order valence-electron chi connectivity index (χ0n) is 18.6. The van der Waals surface area contributed by atoms with Crippen LogP contribution in [-0.2, 0) is 11.4 Å². The van der Waals surface area contributed by atoms with Gasteiger partial charge < -0.3 is 9.84 Å². The highest BCUT2D eigenvalue weighted by Gasteiger charge is 2.32. The van der Waals surface area contributed by atoms with E-state index in [2.05, 4.69) is 20.9 Å². The highest BCUT2D eigenvalue weighted by atomic mass is 79.9. The van der Waals surface area contributed by atoms with Crippen molar-refractivity contribution >= 4 is 68.1 Å². The third-order valence-corrected chi connectivity index (χ3v) is 6.91. The molecule has 1 amide bonds. The summed E-state index contributed by atoms with van der Waals surface area (Å²) in [6.07, 6.45) is 1.76. The molecule has 3 aromatic carbocycles. The number of benzene rings is 3. The van der Waals surface area contributed by atoms with Crippen LogP contribution in [0.1, 0.15) is 28.4 Å². The molecule has 6 nitrogen and oxygen atoms in total. The Labute approximate surface area is 220 Å². The summed E-state index contributed by atoms with van der Waals surface area (Å²) in [4.78, 5) is 30.8. The zero-order valence-corrected chi connectivity index (χ0v) is 21.7. The van der Waals surface area contributed by atoms with Crippen LogP contribution in [0.25, 0.3) is 6.08 Å². The van der Waals surface area contributed by atoms with Crippen LogP contribution in [0.2, 0.25) is 5.02 Å². The van der Waals surface area contributed by atoms with Crippen LogP contribution in [0, 0.1) is 0 Å². The van der Waals surface area contributed by atoms with E-state index in [9.17, 15) is 14.7 Å². The van der Waals surface area contributed by atoms with Crippen LogP contribution in [-0.4, -0.2) is 33.6 Å². The van der Waals surface area contributed by atoms with E-state index in [-0.39, 0.29) is 11.5 Å². The van der Waals surface area contributed by atoms with Crippen molar-refractivity contribution in [2.24, 2.45) is 4.99 Å². The normalized spacial score (nSPS) is 15.7. The van der Waals surface area contributed by atoms with Crippen LogP contribution < -0.4 is 4.74 Å². The molecule has 1 aliphatic heterocycles. The number of carboxylic acids is 1. The number of amides is 1. The maximum absolute atomic E-state index is 13.0. The Kier molecular flexibility index (Phi) is 7.95. The Morgan fingerprint density at radius 2 is 1.94 bits per heavy atom. The molecule has 0 atom stereocenters. The Hall–Kier alpha value is -3.07. The smallest absolute Gasteiger partial charge is 0.335 e. The third kappa shape index (κ3) is 6.14. The van der Waals surface area contributed by atoms with Gasteiger partial charge >= 0.3 is 5.97 Å². The number of rotatable bonds is 7. The molecule has 1 heterocycles. The van der Waals surface area contributed by atoms with Crippen molar-refractivity contribution in [1.82, 2.24) is 4.90 Å². The summed E-state index contributed by atoms with van der Waals surface area (Å²) < 4.78 is 6.84. The fourth-order valence-electron chi connectivity index (χ4n) is 3.31. The summed E-state index contributed by atoms with van der Waals surface area (Å²) in [6.45, 7) is 2.68. The minimum absolute atomic E-state index is 0.136. The molecule has 3 aromatic rings. The number of carbonyl (C=O) groups excluding carboxylic acids is 1. The minimum Gasteiger partial charge on any atom is -0.487 e. The van der Waals surface area contributed by atoms with E-state index in [1.54, 1.807) is 35.2 Å². The second-order valence-electron chi connectivity index (χ2n) is 7.51. The molecule has 35 heavy (non-hydrogen) atoms. The molecule has 0 saturated carbocycles. The monoisotopic (exact) mass is 570 g/mol. The molecule has 0 aromatic heterocycles. The standard InChI is InChI=1S/C26H20BrClN2O4S/c1-2-30-24(31)23(35-26(30)29-20-5-3-4-18(14-20)25(32)33)13-17-8-11-22(21(28)12-17)34-15-16-6-9-19(27)10-7-16/h3-14H,2,15H2,1H3,(H,32,33). The zero-order chi connectivity index (χ0) is 24.9. The van der Waals surface area contributed by atoms with Gasteiger partial charge in [0.1, 0.15) is 12.4 Å². The van der Waals surface area contributed by atoms with E-state index in [1.807, 2.05) is 37.3 Å². The molecular weight excluding hydrogens is 552 g/mol. The Balaban J connectivity index is 1.52. The Morgan fingerprint density at radius 1 is 1.17 bits per heavy atom. The molecule has 0 spiro atoms. The lowest BCUT2D eigenvalue weighted by molar-refractivity contribution is -0.122. The Morgan fingerprint density at radius 3 is 2.63 bits per heavy atom. The van der Waals surface area contributed by atoms with E-state index >= 15 is 0 Å². The topological polar surface area (TPSA) is 79.2 Å². The van der Waals surface area contributed by atoms with Crippen molar-refractivity contribution in [3.05, 3.63) is 97.8 Å². The number of thioether (sulfide) groups is 1. The molecule has 0 radical (unpaired) electrons. The van der Waals surface area contributed by atoms with Crippen LogP contribution in [0.15, 0.2) is 81.1 Å². The summed E-state index contributed by atoms with van der Waals surface area (Å²) in [6, 6.07) is 19.5. The number of halogens is 2. The van der Waals surface area contributed by atoms with Gasteiger partial charge in [-0.05, 0) is 78.4 Å². The minimum atomic E-state index is -1.03. The fraction of sp³-hybridized carbons (Fsp3) is 0.115. The maximum Gasteiger partial charge on any atom is 0.335 e. The lowest BCUT2D eigenvalue weighted by Gasteiger charge is -2.12. The number of nitrogens with zero attached hydrogens (tertiary/aromatic N) is 2. The van der Waals surface area contributed by atoms with Gasteiger partial charge in [-0.15, -0.1) is 0 Å². The average molecular weight is 572 g/mol. The van der Waals surface area contributed by atoms with Crippen molar-refractivity contribution in [3.8, 4) is 5.75 Å². The molecule has 178 valence electrons. The number of likely N-dealkylation sites (N-methyl/N-ethyl adjacent to an activating group) is 1. The second-order valence-corrected chi connectivity index (χ2v) is 9.85. The number of carbonyl (C=O) groups is 2. The maximum atomic E-state index is 13.0. The number of hydrogen-bond acceptors (Lipinski definition) is 5. The molecule has 1 N–H and O–H groups in total. The average Bonchev–Trinajstić information content (AvgIpc) is 3.13. The van der Waals surface area contributed by atoms with Gasteiger partial charge in [0.15, 0.2) is 5.17 Å². The summed E-state index contributed by atoms with van der Waals surface area (Å²) in [7, 11) is 0. The molecule has 1 fully saturated rings. The lowest BCUT2D eigenvalue weighted by Crippen LogP contribution is -2.28. The summed E-state index contributed by atoms with van der Waals surface area (Å²) >= 11 is 11.1. The molecule has 0 bridgehead atoms. The number of amidine groups is 1. The van der Waals surface area contributed by atoms with Gasteiger partial charge in [-0.2, -0.15) is 0 Å². The van der Waals surface area contributed by atoms with Crippen LogP contribution >= 0.6 is 39.3 Å². The highest BCUT2D eigenvalue weighted by Crippen LogP contribution is 2.35. The van der Waals surface area contributed by atoms with E-state index in [1.165, 1.54) is 23.9 Å². The molecule has 0 aliphatic carbocycles. The van der Waals surface area contributed by atoms with E-state index < -0.39 is 5.97 Å². The van der Waals surface area contributed by atoms with Gasteiger partial charge in [0.25, 0.3) is 5.91 Å². The van der Waals surface area contributed by atoms with Gasteiger partial charge in [0.2, 0.25) is 0 Å². The molecule has 4 rings (SSSR count). The van der Waals surface area contributed by atoms with Crippen molar-refractivity contribution in [2.45, 2.75) is 13.5 Å². The molecule has 1 saturated heterocycles. The van der Waals surface area contributed by atoms with Gasteiger partial charge in [-0.3, -0.25) is 9.69 Å². The number of ether oxygens (including phenoxy) is 1. The number of aromatic carboxylic acids is 1. The van der Waals surface area contributed by atoms with Crippen LogP contribution in [0.5, 0.6) is 5.75 Å². The van der Waals surface area contributed by atoms with Gasteiger partial charge in [0.05, 0.1) is 21.2 Å². The van der Waals surface area contributed by atoms with Crippen molar-refractivity contribution in [1.29, 1.82) is 0 Å².